The van der Waals surface area contributed by atoms with Crippen molar-refractivity contribution in [2.45, 2.75) is 18.7 Å². The van der Waals surface area contributed by atoms with Crippen LogP contribution in [0.4, 0.5) is 11.5 Å². The number of amides is 1. The Kier molecular flexibility index (Phi) is 5.83. The number of nitrogens with zero attached hydrogens (tertiary/aromatic N) is 3. The fourth-order valence-electron chi connectivity index (χ4n) is 3.01. The number of nitrogens with one attached hydrogen (secondary N) is 1. The first-order valence-corrected chi connectivity index (χ1v) is 10.8. The summed E-state index contributed by atoms with van der Waals surface area (Å²) in [5.74, 6) is 0.594. The van der Waals surface area contributed by atoms with E-state index in [1.54, 1.807) is 25.3 Å². The number of carbonyl (C=O) groups excluding carboxylic acids is 1. The fraction of sp³-hybridized carbons (Fsp3) is 0.333. The fourth-order valence-corrected chi connectivity index (χ4v) is 4.92. The van der Waals surface area contributed by atoms with Gasteiger partial charge in [0.25, 0.3) is 0 Å². The van der Waals surface area contributed by atoms with Gasteiger partial charge in [0.2, 0.25) is 15.9 Å². The van der Waals surface area contributed by atoms with Crippen molar-refractivity contribution in [1.29, 1.82) is 0 Å². The van der Waals surface area contributed by atoms with Crippen molar-refractivity contribution in [2.75, 3.05) is 36.4 Å². The molecule has 0 bridgehead atoms. The minimum atomic E-state index is -3.64. The molecule has 1 N–H and O–H groups in total. The number of pyridine rings is 1. The molecular formula is C18H21BrN4O3S. The number of rotatable bonds is 4. The molecule has 0 aliphatic carbocycles. The molecule has 1 aromatic carbocycles. The molecule has 3 rings (SSSR count). The molecular weight excluding hydrogens is 432 g/mol. The quantitative estimate of drug-likeness (QED) is 0.770. The third-order valence-corrected chi connectivity index (χ3v) is 6.91. The summed E-state index contributed by atoms with van der Waals surface area (Å²) in [6.45, 7) is 5.04. The molecule has 1 aliphatic heterocycles. The Morgan fingerprint density at radius 1 is 1.15 bits per heavy atom. The first kappa shape index (κ1) is 19.8. The zero-order chi connectivity index (χ0) is 19.6. The van der Waals surface area contributed by atoms with Crippen molar-refractivity contribution in [3.63, 3.8) is 0 Å². The van der Waals surface area contributed by atoms with Crippen LogP contribution in [-0.4, -0.2) is 49.8 Å². The van der Waals surface area contributed by atoms with E-state index < -0.39 is 10.0 Å². The zero-order valence-electron chi connectivity index (χ0n) is 15.1. The minimum Gasteiger partial charge on any atom is -0.354 e. The molecule has 1 saturated heterocycles. The Bertz CT molecular complexity index is 940. The van der Waals surface area contributed by atoms with Crippen LogP contribution < -0.4 is 10.2 Å². The number of hydrogen-bond donors (Lipinski definition) is 1. The molecule has 7 nitrogen and oxygen atoms in total. The van der Waals surface area contributed by atoms with Gasteiger partial charge in [0, 0.05) is 49.5 Å². The first-order chi connectivity index (χ1) is 12.8. The van der Waals surface area contributed by atoms with Gasteiger partial charge in [-0.1, -0.05) is 6.07 Å². The number of benzene rings is 1. The average Bonchev–Trinajstić information content (AvgIpc) is 2.63. The third-order valence-electron chi connectivity index (χ3n) is 4.40. The maximum absolute atomic E-state index is 13.1. The molecule has 0 unspecified atom stereocenters. The number of piperazine rings is 1. The van der Waals surface area contributed by atoms with Crippen molar-refractivity contribution in [3.05, 3.63) is 46.6 Å². The van der Waals surface area contributed by atoms with Gasteiger partial charge in [0.1, 0.15) is 5.82 Å². The number of aromatic nitrogens is 1. The summed E-state index contributed by atoms with van der Waals surface area (Å²) in [5, 5.41) is 2.64. The summed E-state index contributed by atoms with van der Waals surface area (Å²) in [5.41, 5.74) is 1.13. The molecule has 27 heavy (non-hydrogen) atoms. The van der Waals surface area contributed by atoms with Gasteiger partial charge in [-0.3, -0.25) is 4.79 Å². The molecule has 144 valence electrons. The summed E-state index contributed by atoms with van der Waals surface area (Å²) < 4.78 is 28.6. The van der Waals surface area contributed by atoms with Crippen molar-refractivity contribution in [3.8, 4) is 0 Å². The topological polar surface area (TPSA) is 82.6 Å². The van der Waals surface area contributed by atoms with E-state index in [4.69, 9.17) is 0 Å². The van der Waals surface area contributed by atoms with Crippen LogP contribution in [0.2, 0.25) is 0 Å². The van der Waals surface area contributed by atoms with Crippen LogP contribution in [0.5, 0.6) is 0 Å². The van der Waals surface area contributed by atoms with Gasteiger partial charge in [-0.25, -0.2) is 13.4 Å². The van der Waals surface area contributed by atoms with Crippen LogP contribution in [0.3, 0.4) is 0 Å². The Morgan fingerprint density at radius 3 is 2.44 bits per heavy atom. The van der Waals surface area contributed by atoms with Gasteiger partial charge in [0.15, 0.2) is 0 Å². The van der Waals surface area contributed by atoms with Crippen LogP contribution >= 0.6 is 15.9 Å². The summed E-state index contributed by atoms with van der Waals surface area (Å²) >= 11 is 3.36. The first-order valence-electron chi connectivity index (χ1n) is 8.52. The molecule has 1 fully saturated rings. The molecule has 1 amide bonds. The van der Waals surface area contributed by atoms with Crippen LogP contribution in [0.25, 0.3) is 0 Å². The van der Waals surface area contributed by atoms with Crippen LogP contribution in [-0.2, 0) is 14.8 Å². The van der Waals surface area contributed by atoms with E-state index >= 15 is 0 Å². The SMILES string of the molecule is CC(=O)Nc1ccc(C)c(S(=O)(=O)N2CCN(c3ccc(Br)cn3)CC2)c1. The van der Waals surface area contributed by atoms with Crippen molar-refractivity contribution in [2.24, 2.45) is 0 Å². The van der Waals surface area contributed by atoms with E-state index in [9.17, 15) is 13.2 Å². The second kappa shape index (κ2) is 7.95. The molecule has 0 atom stereocenters. The number of sulfonamides is 1. The molecule has 9 heteroatoms. The monoisotopic (exact) mass is 452 g/mol. The lowest BCUT2D eigenvalue weighted by Crippen LogP contribution is -2.49. The highest BCUT2D eigenvalue weighted by Crippen LogP contribution is 2.25. The molecule has 1 aliphatic rings. The predicted octanol–water partition coefficient (Wildman–Crippen LogP) is 2.62. The normalized spacial score (nSPS) is 15.6. The lowest BCUT2D eigenvalue weighted by atomic mass is 10.2. The number of anilines is 2. The van der Waals surface area contributed by atoms with E-state index in [1.165, 1.54) is 17.3 Å². The average molecular weight is 453 g/mol. The summed E-state index contributed by atoms with van der Waals surface area (Å²) in [4.78, 5) is 17.9. The maximum atomic E-state index is 13.1. The van der Waals surface area contributed by atoms with E-state index in [-0.39, 0.29) is 10.8 Å². The number of carbonyl (C=O) groups is 1. The van der Waals surface area contributed by atoms with E-state index in [1.807, 2.05) is 12.1 Å². The van der Waals surface area contributed by atoms with Crippen molar-refractivity contribution < 1.29 is 13.2 Å². The second-order valence-corrected chi connectivity index (χ2v) is 9.21. The van der Waals surface area contributed by atoms with E-state index in [0.717, 1.165) is 10.3 Å². The van der Waals surface area contributed by atoms with E-state index in [0.29, 0.717) is 37.4 Å². The molecule has 0 saturated carbocycles. The Hall–Kier alpha value is -1.97. The summed E-state index contributed by atoms with van der Waals surface area (Å²) in [6.07, 6.45) is 1.73. The predicted molar refractivity (Wildman–Crippen MR) is 108 cm³/mol. The number of halogens is 1. The Morgan fingerprint density at radius 2 is 1.85 bits per heavy atom. The molecule has 2 aromatic rings. The summed E-state index contributed by atoms with van der Waals surface area (Å²) in [7, 11) is -3.64. The molecule has 1 aromatic heterocycles. The highest BCUT2D eigenvalue weighted by molar-refractivity contribution is 9.10. The second-order valence-electron chi connectivity index (χ2n) is 6.39. The number of aryl methyl sites for hydroxylation is 1. The maximum Gasteiger partial charge on any atom is 0.243 e. The van der Waals surface area contributed by atoms with Gasteiger partial charge in [-0.15, -0.1) is 0 Å². The van der Waals surface area contributed by atoms with Crippen LogP contribution in [0.1, 0.15) is 12.5 Å². The van der Waals surface area contributed by atoms with Crippen molar-refractivity contribution >= 4 is 43.4 Å². The third kappa shape index (κ3) is 4.48. The number of hydrogen-bond acceptors (Lipinski definition) is 5. The molecule has 0 spiro atoms. The van der Waals surface area contributed by atoms with Gasteiger partial charge in [-0.2, -0.15) is 4.31 Å². The zero-order valence-corrected chi connectivity index (χ0v) is 17.5. The van der Waals surface area contributed by atoms with Gasteiger partial charge in [-0.05, 0) is 52.7 Å². The highest BCUT2D eigenvalue weighted by Gasteiger charge is 2.30. The lowest BCUT2D eigenvalue weighted by molar-refractivity contribution is -0.114. The minimum absolute atomic E-state index is 0.226. The highest BCUT2D eigenvalue weighted by atomic mass is 79.9. The molecule has 2 heterocycles. The molecule has 0 radical (unpaired) electrons. The lowest BCUT2D eigenvalue weighted by Gasteiger charge is -2.35. The van der Waals surface area contributed by atoms with Gasteiger partial charge in [0.05, 0.1) is 4.90 Å². The van der Waals surface area contributed by atoms with Gasteiger partial charge >= 0.3 is 0 Å². The smallest absolute Gasteiger partial charge is 0.243 e. The van der Waals surface area contributed by atoms with E-state index in [2.05, 4.69) is 31.1 Å². The Labute approximate surface area is 167 Å². The largest absolute Gasteiger partial charge is 0.354 e. The summed E-state index contributed by atoms with van der Waals surface area (Å²) in [6, 6.07) is 8.76. The van der Waals surface area contributed by atoms with Gasteiger partial charge < -0.3 is 10.2 Å². The standard InChI is InChI=1S/C18H21BrN4O3S/c1-13-3-5-16(21-14(2)24)11-17(13)27(25,26)23-9-7-22(8-10-23)18-6-4-15(19)12-20-18/h3-6,11-12H,7-10H2,1-2H3,(H,21,24). The van der Waals surface area contributed by atoms with Crippen LogP contribution in [0, 0.1) is 6.92 Å². The Balaban J connectivity index is 1.77. The van der Waals surface area contributed by atoms with Crippen LogP contribution in [0.15, 0.2) is 45.9 Å². The van der Waals surface area contributed by atoms with Crippen molar-refractivity contribution in [1.82, 2.24) is 9.29 Å².